The maximum atomic E-state index is 9.52. The number of aliphatic hydroxyl groups is 1. The number of aromatic amines is 1. The van der Waals surface area contributed by atoms with Crippen LogP contribution in [0, 0.1) is 0 Å². The van der Waals surface area contributed by atoms with Crippen LogP contribution in [0.2, 0.25) is 0 Å². The number of rotatable bonds is 10. The third kappa shape index (κ3) is 7.25. The zero-order chi connectivity index (χ0) is 14.1. The summed E-state index contributed by atoms with van der Waals surface area (Å²) < 4.78 is 2.09. The zero-order valence-electron chi connectivity index (χ0n) is 12.9. The Morgan fingerprint density at radius 3 is 2.40 bits per heavy atom. The quantitative estimate of drug-likeness (QED) is 0.359. The van der Waals surface area contributed by atoms with Gasteiger partial charge in [0.1, 0.15) is 12.3 Å². The highest BCUT2D eigenvalue weighted by atomic mass is 79.9. The molecule has 116 valence electrons. The van der Waals surface area contributed by atoms with Gasteiger partial charge in [-0.05, 0) is 26.2 Å². The largest absolute Gasteiger partial charge is 1.00 e. The summed E-state index contributed by atoms with van der Waals surface area (Å²) in [6.45, 7) is 5.53. The summed E-state index contributed by atoms with van der Waals surface area (Å²) in [6.07, 6.45) is 13.6. The van der Waals surface area contributed by atoms with Gasteiger partial charge in [0.2, 0.25) is 0 Å². The topological polar surface area (TPSA) is 39.9 Å². The van der Waals surface area contributed by atoms with Gasteiger partial charge < -0.3 is 22.1 Å². The number of hydrogen-bond donors (Lipinski definition) is 2. The molecule has 1 heterocycles. The highest BCUT2D eigenvalue weighted by molar-refractivity contribution is 4.97. The van der Waals surface area contributed by atoms with E-state index in [0.29, 0.717) is 0 Å². The van der Waals surface area contributed by atoms with Gasteiger partial charge in [0.25, 0.3) is 5.82 Å². The fourth-order valence-corrected chi connectivity index (χ4v) is 2.31. The van der Waals surface area contributed by atoms with Crippen molar-refractivity contribution in [2.75, 3.05) is 0 Å². The molecule has 0 aliphatic carbocycles. The molecule has 1 rings (SSSR count). The van der Waals surface area contributed by atoms with Gasteiger partial charge in [-0.1, -0.05) is 31.8 Å². The second-order valence-electron chi connectivity index (χ2n) is 5.39. The minimum Gasteiger partial charge on any atom is -1.00 e. The number of nitrogens with one attached hydrogen (secondary N) is 1. The first kappa shape index (κ1) is 19.4. The Balaban J connectivity index is 0.00000361. The van der Waals surface area contributed by atoms with E-state index < -0.39 is 6.10 Å². The van der Waals surface area contributed by atoms with E-state index in [1.165, 1.54) is 44.3 Å². The number of unbranched alkanes of at least 4 members (excludes halogenated alkanes) is 6. The number of aliphatic hydroxyl groups excluding tert-OH is 1. The van der Waals surface area contributed by atoms with Crippen molar-refractivity contribution in [3.8, 4) is 0 Å². The van der Waals surface area contributed by atoms with E-state index in [-0.39, 0.29) is 17.0 Å². The van der Waals surface area contributed by atoms with E-state index in [2.05, 4.69) is 16.1 Å². The van der Waals surface area contributed by atoms with Crippen LogP contribution in [-0.4, -0.2) is 10.1 Å². The number of allylic oxidation sites excluding steroid dienone is 1. The van der Waals surface area contributed by atoms with Crippen LogP contribution >= 0.6 is 0 Å². The van der Waals surface area contributed by atoms with E-state index in [4.69, 9.17) is 0 Å². The molecule has 0 aliphatic heterocycles. The first-order chi connectivity index (χ1) is 9.15. The maximum Gasteiger partial charge on any atom is 0.254 e. The summed E-state index contributed by atoms with van der Waals surface area (Å²) in [7, 11) is 2.03. The molecule has 0 saturated carbocycles. The zero-order valence-corrected chi connectivity index (χ0v) is 14.5. The lowest BCUT2D eigenvalue weighted by atomic mass is 10.1. The fourth-order valence-electron chi connectivity index (χ4n) is 2.31. The molecule has 0 amide bonds. The number of imidazole rings is 1. The van der Waals surface area contributed by atoms with Gasteiger partial charge in [0, 0.05) is 6.42 Å². The fraction of sp³-hybridized carbons (Fsp3) is 0.688. The van der Waals surface area contributed by atoms with Gasteiger partial charge in [0.15, 0.2) is 5.69 Å². The van der Waals surface area contributed by atoms with Crippen LogP contribution in [0.1, 0.15) is 69.5 Å². The third-order valence-electron chi connectivity index (χ3n) is 3.57. The molecule has 3 nitrogen and oxygen atoms in total. The Hall–Kier alpha value is -0.610. The summed E-state index contributed by atoms with van der Waals surface area (Å²) in [5, 5.41) is 9.52. The average Bonchev–Trinajstić information content (AvgIpc) is 2.74. The minimum absolute atomic E-state index is 0. The number of H-pyrrole nitrogens is 1. The molecular weight excluding hydrogens is 316 g/mol. The molecule has 1 aromatic heterocycles. The van der Waals surface area contributed by atoms with Crippen molar-refractivity contribution in [1.29, 1.82) is 0 Å². The number of aromatic nitrogens is 2. The predicted molar refractivity (Wildman–Crippen MR) is 78.8 cm³/mol. The van der Waals surface area contributed by atoms with Gasteiger partial charge in [0.05, 0.1) is 7.05 Å². The van der Waals surface area contributed by atoms with Crippen molar-refractivity contribution in [3.05, 3.63) is 30.4 Å². The lowest BCUT2D eigenvalue weighted by molar-refractivity contribution is -0.678. The van der Waals surface area contributed by atoms with Crippen molar-refractivity contribution in [1.82, 2.24) is 4.98 Å². The van der Waals surface area contributed by atoms with Crippen LogP contribution < -0.4 is 21.5 Å². The number of hydrogen-bond acceptors (Lipinski definition) is 1. The van der Waals surface area contributed by atoms with Crippen molar-refractivity contribution < 1.29 is 26.7 Å². The Morgan fingerprint density at radius 1 is 1.25 bits per heavy atom. The van der Waals surface area contributed by atoms with Crippen molar-refractivity contribution >= 4 is 0 Å². The first-order valence-corrected chi connectivity index (χ1v) is 7.51. The second kappa shape index (κ2) is 11.1. The molecule has 0 fully saturated rings. The first-order valence-electron chi connectivity index (χ1n) is 7.51. The Kier molecular flexibility index (Phi) is 10.8. The summed E-state index contributed by atoms with van der Waals surface area (Å²) in [4.78, 5) is 3.30. The number of nitrogens with zero attached hydrogens (tertiary/aromatic N) is 1. The van der Waals surface area contributed by atoms with E-state index in [1.807, 2.05) is 19.3 Å². The van der Waals surface area contributed by atoms with Crippen LogP contribution in [0.25, 0.3) is 0 Å². The highest BCUT2D eigenvalue weighted by Gasteiger charge is 2.15. The van der Waals surface area contributed by atoms with E-state index in [1.54, 1.807) is 6.92 Å². The van der Waals surface area contributed by atoms with Crippen molar-refractivity contribution in [2.24, 2.45) is 7.05 Å². The lowest BCUT2D eigenvalue weighted by Gasteiger charge is -1.99. The smallest absolute Gasteiger partial charge is 0.254 e. The van der Waals surface area contributed by atoms with E-state index in [0.717, 1.165) is 18.5 Å². The summed E-state index contributed by atoms with van der Waals surface area (Å²) in [5.41, 5.74) is 0.905. The Bertz CT molecular complexity index is 375. The van der Waals surface area contributed by atoms with Gasteiger partial charge in [-0.2, -0.15) is 0 Å². The normalized spacial score (nSPS) is 11.9. The van der Waals surface area contributed by atoms with E-state index in [9.17, 15) is 5.11 Å². The molecule has 0 spiro atoms. The molecule has 0 aromatic carbocycles. The molecule has 4 heteroatoms. The predicted octanol–water partition coefficient (Wildman–Crippen LogP) is 0.356. The number of aryl methyl sites for hydroxylation is 2. The molecular formula is C16H29BrN2O. The van der Waals surface area contributed by atoms with Crippen LogP contribution in [0.5, 0.6) is 0 Å². The molecule has 0 bridgehead atoms. The van der Waals surface area contributed by atoms with Crippen LogP contribution in [0.4, 0.5) is 0 Å². The summed E-state index contributed by atoms with van der Waals surface area (Å²) in [6, 6.07) is 0. The lowest BCUT2D eigenvalue weighted by Crippen LogP contribution is -3.00. The molecule has 0 aliphatic rings. The molecule has 2 N–H and O–H groups in total. The monoisotopic (exact) mass is 344 g/mol. The third-order valence-corrected chi connectivity index (χ3v) is 3.57. The maximum absolute atomic E-state index is 9.52. The van der Waals surface area contributed by atoms with Gasteiger partial charge in [-0.3, -0.25) is 0 Å². The van der Waals surface area contributed by atoms with Crippen molar-refractivity contribution in [2.45, 2.75) is 64.4 Å². The van der Waals surface area contributed by atoms with Gasteiger partial charge in [-0.25, -0.2) is 9.55 Å². The molecule has 1 atom stereocenters. The van der Waals surface area contributed by atoms with Crippen LogP contribution in [0.15, 0.2) is 18.9 Å². The standard InChI is InChI=1S/C16H28N2O.BrH/c1-4-5-6-7-8-9-10-11-12-16-17-15(14(2)19)13-18(16)3;/h4,13-14,19H,1,5-12H2,2-3H3;1H. The highest BCUT2D eigenvalue weighted by Crippen LogP contribution is 2.11. The number of halogens is 1. The molecule has 0 radical (unpaired) electrons. The Labute approximate surface area is 133 Å². The van der Waals surface area contributed by atoms with Gasteiger partial charge >= 0.3 is 0 Å². The van der Waals surface area contributed by atoms with Gasteiger partial charge in [-0.15, -0.1) is 6.58 Å². The molecule has 0 saturated heterocycles. The molecule has 1 unspecified atom stereocenters. The SMILES string of the molecule is C=CCCCCCCCCc1[nH]c(C(C)O)c[n+]1C.[Br-]. The van der Waals surface area contributed by atoms with Crippen LogP contribution in [0.3, 0.4) is 0 Å². The Morgan fingerprint density at radius 2 is 1.85 bits per heavy atom. The van der Waals surface area contributed by atoms with Crippen molar-refractivity contribution in [3.63, 3.8) is 0 Å². The molecule has 1 aromatic rings. The average molecular weight is 345 g/mol. The second-order valence-corrected chi connectivity index (χ2v) is 5.39. The summed E-state index contributed by atoms with van der Waals surface area (Å²) in [5.74, 6) is 1.21. The van der Waals surface area contributed by atoms with E-state index >= 15 is 0 Å². The summed E-state index contributed by atoms with van der Waals surface area (Å²) >= 11 is 0. The minimum atomic E-state index is -0.412. The molecule has 20 heavy (non-hydrogen) atoms. The van der Waals surface area contributed by atoms with Crippen LogP contribution in [-0.2, 0) is 13.5 Å².